The molecule has 0 radical (unpaired) electrons. The lowest BCUT2D eigenvalue weighted by atomic mass is 10.1. The summed E-state index contributed by atoms with van der Waals surface area (Å²) >= 11 is 0. The first-order chi connectivity index (χ1) is 8.49. The molecule has 0 aliphatic rings. The molecule has 5 heteroatoms. The maximum atomic E-state index is 11.4. The zero-order valence-corrected chi connectivity index (χ0v) is 10.1. The molecule has 0 fully saturated rings. The first-order valence-electron chi connectivity index (χ1n) is 5.44. The maximum Gasteiger partial charge on any atom is 0.336 e. The topological polar surface area (TPSA) is 82.5 Å². The van der Waals surface area contributed by atoms with Crippen LogP contribution in [0.2, 0.25) is 0 Å². The van der Waals surface area contributed by atoms with Gasteiger partial charge < -0.3 is 14.9 Å². The van der Waals surface area contributed by atoms with Crippen LogP contribution in [0.4, 0.5) is 0 Å². The maximum absolute atomic E-state index is 11.4. The molecule has 0 saturated carbocycles. The van der Waals surface area contributed by atoms with Crippen molar-refractivity contribution in [1.29, 1.82) is 0 Å². The number of nitrogens with two attached hydrogens (primary N) is 1. The minimum absolute atomic E-state index is 0.206. The van der Waals surface area contributed by atoms with Crippen LogP contribution in [-0.4, -0.2) is 12.5 Å². The van der Waals surface area contributed by atoms with Crippen molar-refractivity contribution < 1.29 is 13.9 Å². The highest BCUT2D eigenvalue weighted by Crippen LogP contribution is 2.27. The second-order valence-corrected chi connectivity index (χ2v) is 4.07. The Kier molecular flexibility index (Phi) is 3.06. The molecular formula is C13H13NO4. The van der Waals surface area contributed by atoms with Crippen LogP contribution in [0, 0.1) is 13.8 Å². The van der Waals surface area contributed by atoms with E-state index in [1.807, 2.05) is 6.92 Å². The van der Waals surface area contributed by atoms with Gasteiger partial charge in [-0.3, -0.25) is 4.79 Å². The fraction of sp³-hybridized carbons (Fsp3) is 0.231. The Bertz CT molecular complexity index is 672. The van der Waals surface area contributed by atoms with Crippen molar-refractivity contribution in [3.8, 4) is 5.75 Å². The first kappa shape index (κ1) is 12.2. The molecule has 0 spiro atoms. The highest BCUT2D eigenvalue weighted by atomic mass is 16.5. The Balaban J connectivity index is 2.56. The third kappa shape index (κ3) is 2.20. The number of hydrogen-bond acceptors (Lipinski definition) is 4. The van der Waals surface area contributed by atoms with E-state index in [-0.39, 0.29) is 6.61 Å². The molecule has 18 heavy (non-hydrogen) atoms. The monoisotopic (exact) mass is 247 g/mol. The van der Waals surface area contributed by atoms with Gasteiger partial charge in [-0.2, -0.15) is 0 Å². The van der Waals surface area contributed by atoms with Gasteiger partial charge in [0.2, 0.25) is 0 Å². The Morgan fingerprint density at radius 1 is 1.39 bits per heavy atom. The first-order valence-corrected chi connectivity index (χ1v) is 5.44. The van der Waals surface area contributed by atoms with E-state index < -0.39 is 11.5 Å². The van der Waals surface area contributed by atoms with Crippen molar-refractivity contribution in [2.75, 3.05) is 6.61 Å². The highest BCUT2D eigenvalue weighted by Gasteiger charge is 2.10. The summed E-state index contributed by atoms with van der Waals surface area (Å²) in [6.07, 6.45) is 0. The van der Waals surface area contributed by atoms with Crippen molar-refractivity contribution in [2.24, 2.45) is 5.73 Å². The molecule has 0 atom stereocenters. The Labute approximate surface area is 103 Å². The van der Waals surface area contributed by atoms with Gasteiger partial charge in [0.05, 0.1) is 0 Å². The van der Waals surface area contributed by atoms with E-state index in [0.29, 0.717) is 16.9 Å². The predicted molar refractivity (Wildman–Crippen MR) is 66.6 cm³/mol. The van der Waals surface area contributed by atoms with Gasteiger partial charge >= 0.3 is 5.63 Å². The van der Waals surface area contributed by atoms with E-state index in [4.69, 9.17) is 14.9 Å². The van der Waals surface area contributed by atoms with Gasteiger partial charge in [-0.05, 0) is 31.5 Å². The molecule has 0 unspecified atom stereocenters. The lowest BCUT2D eigenvalue weighted by Gasteiger charge is -2.09. The third-order valence-corrected chi connectivity index (χ3v) is 2.69. The zero-order chi connectivity index (χ0) is 13.3. The molecule has 0 bridgehead atoms. The van der Waals surface area contributed by atoms with Crippen LogP contribution >= 0.6 is 0 Å². The molecule has 1 heterocycles. The molecule has 1 aromatic carbocycles. The minimum Gasteiger partial charge on any atom is -0.483 e. The smallest absolute Gasteiger partial charge is 0.336 e. The van der Waals surface area contributed by atoms with E-state index >= 15 is 0 Å². The van der Waals surface area contributed by atoms with Crippen molar-refractivity contribution in [1.82, 2.24) is 0 Å². The number of aryl methyl sites for hydroxylation is 2. The molecule has 94 valence electrons. The molecular weight excluding hydrogens is 234 g/mol. The Morgan fingerprint density at radius 3 is 2.78 bits per heavy atom. The second-order valence-electron chi connectivity index (χ2n) is 4.07. The van der Waals surface area contributed by atoms with Gasteiger partial charge in [-0.15, -0.1) is 0 Å². The van der Waals surface area contributed by atoms with E-state index in [9.17, 15) is 9.59 Å². The lowest BCUT2D eigenvalue weighted by Crippen LogP contribution is -2.20. The number of fused-ring (bicyclic) bond motifs is 1. The summed E-state index contributed by atoms with van der Waals surface area (Å²) in [5.41, 5.74) is 6.59. The molecule has 5 nitrogen and oxygen atoms in total. The van der Waals surface area contributed by atoms with Gasteiger partial charge in [-0.25, -0.2) is 4.79 Å². The summed E-state index contributed by atoms with van der Waals surface area (Å²) in [6, 6.07) is 4.95. The fourth-order valence-electron chi connectivity index (χ4n) is 1.81. The van der Waals surface area contributed by atoms with Crippen LogP contribution in [0.15, 0.2) is 27.4 Å². The number of benzene rings is 1. The van der Waals surface area contributed by atoms with E-state index in [0.717, 1.165) is 10.9 Å². The summed E-state index contributed by atoms with van der Waals surface area (Å²) in [6.45, 7) is 3.39. The number of carbonyl (C=O) groups excluding carboxylic acids is 1. The number of rotatable bonds is 3. The number of carbonyl (C=O) groups is 1. The molecule has 2 rings (SSSR count). The summed E-state index contributed by atoms with van der Waals surface area (Å²) in [5, 5.41) is 0.846. The van der Waals surface area contributed by atoms with Crippen LogP contribution in [0.1, 0.15) is 11.1 Å². The lowest BCUT2D eigenvalue weighted by molar-refractivity contribution is -0.119. The van der Waals surface area contributed by atoms with Gasteiger partial charge in [0.25, 0.3) is 5.91 Å². The summed E-state index contributed by atoms with van der Waals surface area (Å²) in [5.74, 6) is -0.0739. The van der Waals surface area contributed by atoms with Crippen LogP contribution in [0.3, 0.4) is 0 Å². The van der Waals surface area contributed by atoms with Crippen molar-refractivity contribution in [2.45, 2.75) is 13.8 Å². The van der Waals surface area contributed by atoms with Gasteiger partial charge in [0.15, 0.2) is 6.61 Å². The van der Waals surface area contributed by atoms with Gasteiger partial charge in [0.1, 0.15) is 11.3 Å². The van der Waals surface area contributed by atoms with Crippen LogP contribution in [-0.2, 0) is 4.79 Å². The van der Waals surface area contributed by atoms with E-state index in [1.54, 1.807) is 19.1 Å². The second kappa shape index (κ2) is 4.52. The van der Waals surface area contributed by atoms with E-state index in [1.165, 1.54) is 6.07 Å². The van der Waals surface area contributed by atoms with Gasteiger partial charge in [-0.1, -0.05) is 0 Å². The largest absolute Gasteiger partial charge is 0.483 e. The standard InChI is InChI=1S/C13H13NO4/c1-7-5-12(16)18-13-8(2)10(4-3-9(7)13)17-6-11(14)15/h3-5H,6H2,1-2H3,(H2,14,15). The summed E-state index contributed by atoms with van der Waals surface area (Å²) < 4.78 is 10.4. The zero-order valence-electron chi connectivity index (χ0n) is 10.1. The SMILES string of the molecule is Cc1cc(=O)oc2c(C)c(OCC(N)=O)ccc12. The third-order valence-electron chi connectivity index (χ3n) is 2.69. The highest BCUT2D eigenvalue weighted by molar-refractivity contribution is 5.85. The molecule has 0 aliphatic heterocycles. The normalized spacial score (nSPS) is 10.6. The Hall–Kier alpha value is -2.30. The molecule has 2 aromatic rings. The number of hydrogen-bond donors (Lipinski definition) is 1. The van der Waals surface area contributed by atoms with E-state index in [2.05, 4.69) is 0 Å². The van der Waals surface area contributed by atoms with Crippen molar-refractivity contribution in [3.63, 3.8) is 0 Å². The average Bonchev–Trinajstić information content (AvgIpc) is 2.29. The molecule has 1 amide bonds. The van der Waals surface area contributed by atoms with Crippen molar-refractivity contribution in [3.05, 3.63) is 39.7 Å². The average molecular weight is 247 g/mol. The number of primary amides is 1. The van der Waals surface area contributed by atoms with Crippen LogP contribution in [0.25, 0.3) is 11.0 Å². The molecule has 2 N–H and O–H groups in total. The predicted octanol–water partition coefficient (Wildman–Crippen LogP) is 1.27. The molecule has 0 aliphatic carbocycles. The Morgan fingerprint density at radius 2 is 2.11 bits per heavy atom. The fourth-order valence-corrected chi connectivity index (χ4v) is 1.81. The van der Waals surface area contributed by atoms with Gasteiger partial charge in [0, 0.05) is 17.0 Å². The quantitative estimate of drug-likeness (QED) is 0.828. The molecule has 1 aromatic heterocycles. The number of amides is 1. The minimum atomic E-state index is -0.555. The summed E-state index contributed by atoms with van der Waals surface area (Å²) in [4.78, 5) is 22.0. The van der Waals surface area contributed by atoms with Crippen molar-refractivity contribution >= 4 is 16.9 Å². The van der Waals surface area contributed by atoms with Crippen LogP contribution in [0.5, 0.6) is 5.75 Å². The summed E-state index contributed by atoms with van der Waals surface area (Å²) in [7, 11) is 0. The van der Waals surface area contributed by atoms with Crippen LogP contribution < -0.4 is 16.1 Å². The molecule has 0 saturated heterocycles. The number of ether oxygens (including phenoxy) is 1.